The molecule has 0 amide bonds. The van der Waals surface area contributed by atoms with E-state index < -0.39 is 0 Å². The normalized spacial score (nSPS) is 9.08. The lowest BCUT2D eigenvalue weighted by Crippen LogP contribution is -2.06. The Kier molecular flexibility index (Phi) is 13.0. The summed E-state index contributed by atoms with van der Waals surface area (Å²) in [6.45, 7) is 8.25. The Hall–Kier alpha value is -0.610. The molecule has 0 bridgehead atoms. The van der Waals surface area contributed by atoms with Gasteiger partial charge in [0.05, 0.1) is 6.61 Å². The number of carbonyl (C=O) groups is 1. The number of ether oxygens (including phenoxy) is 2. The Balaban J connectivity index is 0. The van der Waals surface area contributed by atoms with E-state index in [0.717, 1.165) is 0 Å². The Labute approximate surface area is 79.8 Å². The summed E-state index contributed by atoms with van der Waals surface area (Å²) in [7, 11) is 0. The van der Waals surface area contributed by atoms with Crippen molar-refractivity contribution in [2.45, 2.75) is 33.8 Å². The maximum Gasteiger partial charge on any atom is 0.302 e. The first-order valence-electron chi connectivity index (χ1n) is 4.39. The fourth-order valence-corrected chi connectivity index (χ4v) is 0.389. The Morgan fingerprint density at radius 3 is 2.15 bits per heavy atom. The first-order chi connectivity index (χ1) is 6.00. The van der Waals surface area contributed by atoms with Crippen LogP contribution in [0.4, 0.5) is 0 Å². The van der Waals surface area contributed by atoms with Gasteiger partial charge in [-0.05, 0) is 20.8 Å². The van der Waals surface area contributed by atoms with Crippen LogP contribution in [0, 0.1) is 0 Å². The molecule has 0 aromatic carbocycles. The van der Waals surface area contributed by atoms with Crippen molar-refractivity contribution in [2.75, 3.05) is 19.8 Å². The molecule has 1 N–H and O–H groups in total. The van der Waals surface area contributed by atoms with Gasteiger partial charge in [0, 0.05) is 19.6 Å². The van der Waals surface area contributed by atoms with Crippen LogP contribution < -0.4 is 0 Å². The lowest BCUT2D eigenvalue weighted by atomic mass is 10.5. The molecule has 0 aliphatic rings. The van der Waals surface area contributed by atoms with Gasteiger partial charge < -0.3 is 14.6 Å². The van der Waals surface area contributed by atoms with Gasteiger partial charge in [-0.25, -0.2) is 0 Å². The van der Waals surface area contributed by atoms with E-state index in [1.807, 2.05) is 6.92 Å². The second kappa shape index (κ2) is 11.4. The van der Waals surface area contributed by atoms with Crippen LogP contribution in [0.5, 0.6) is 0 Å². The SMILES string of the molecule is CC(C)O.CCOCCOC(C)=O. The van der Waals surface area contributed by atoms with Crippen LogP contribution in [0.3, 0.4) is 0 Å². The van der Waals surface area contributed by atoms with Gasteiger partial charge in [0.1, 0.15) is 6.61 Å². The molecule has 80 valence electrons. The second-order valence-corrected chi connectivity index (χ2v) is 2.63. The van der Waals surface area contributed by atoms with Gasteiger partial charge in [0.25, 0.3) is 0 Å². The molecule has 0 aromatic rings. The standard InChI is InChI=1S/C6H12O3.C3H8O/c1-3-8-4-5-9-6(2)7;1-3(2)4/h3-5H2,1-2H3;3-4H,1-2H3. The highest BCUT2D eigenvalue weighted by Crippen LogP contribution is 1.77. The van der Waals surface area contributed by atoms with Gasteiger partial charge >= 0.3 is 5.97 Å². The van der Waals surface area contributed by atoms with Crippen molar-refractivity contribution in [3.05, 3.63) is 0 Å². The van der Waals surface area contributed by atoms with Gasteiger partial charge in [-0.3, -0.25) is 4.79 Å². The molecule has 0 saturated heterocycles. The third-order valence-corrected chi connectivity index (χ3v) is 0.737. The lowest BCUT2D eigenvalue weighted by molar-refractivity contribution is -0.142. The third kappa shape index (κ3) is 34.6. The Morgan fingerprint density at radius 1 is 1.38 bits per heavy atom. The van der Waals surface area contributed by atoms with Crippen LogP contribution in [0.2, 0.25) is 0 Å². The zero-order valence-corrected chi connectivity index (χ0v) is 8.87. The largest absolute Gasteiger partial charge is 0.463 e. The monoisotopic (exact) mass is 192 g/mol. The minimum absolute atomic E-state index is 0.167. The van der Waals surface area contributed by atoms with Gasteiger partial charge in [-0.1, -0.05) is 0 Å². The predicted molar refractivity (Wildman–Crippen MR) is 50.5 cm³/mol. The van der Waals surface area contributed by atoms with Crippen LogP contribution in [-0.4, -0.2) is 37.0 Å². The summed E-state index contributed by atoms with van der Waals surface area (Å²) in [6, 6.07) is 0. The van der Waals surface area contributed by atoms with Crippen molar-refractivity contribution in [1.82, 2.24) is 0 Å². The molecular formula is C9H20O4. The van der Waals surface area contributed by atoms with Crippen LogP contribution in [0.15, 0.2) is 0 Å². The van der Waals surface area contributed by atoms with Gasteiger partial charge in [0.15, 0.2) is 0 Å². The second-order valence-electron chi connectivity index (χ2n) is 2.63. The van der Waals surface area contributed by atoms with Crippen molar-refractivity contribution < 1.29 is 19.4 Å². The predicted octanol–water partition coefficient (Wildman–Crippen LogP) is 0.973. The molecule has 0 aromatic heterocycles. The zero-order valence-electron chi connectivity index (χ0n) is 8.87. The van der Waals surface area contributed by atoms with Crippen LogP contribution >= 0.6 is 0 Å². The molecule has 0 heterocycles. The summed E-state index contributed by atoms with van der Waals surface area (Å²) in [5.74, 6) is -0.255. The summed E-state index contributed by atoms with van der Waals surface area (Å²) in [5.41, 5.74) is 0. The number of hydrogen-bond acceptors (Lipinski definition) is 4. The number of esters is 1. The molecule has 0 atom stereocenters. The quantitative estimate of drug-likeness (QED) is 0.532. The van der Waals surface area contributed by atoms with Gasteiger partial charge in [-0.2, -0.15) is 0 Å². The van der Waals surface area contributed by atoms with E-state index in [4.69, 9.17) is 9.84 Å². The van der Waals surface area contributed by atoms with Crippen molar-refractivity contribution in [2.24, 2.45) is 0 Å². The van der Waals surface area contributed by atoms with Crippen molar-refractivity contribution >= 4 is 5.97 Å². The summed E-state index contributed by atoms with van der Waals surface area (Å²) in [4.78, 5) is 10.1. The van der Waals surface area contributed by atoms with E-state index in [-0.39, 0.29) is 12.1 Å². The Morgan fingerprint density at radius 2 is 1.85 bits per heavy atom. The molecule has 0 saturated carbocycles. The van der Waals surface area contributed by atoms with E-state index >= 15 is 0 Å². The minimum atomic E-state index is -0.255. The first-order valence-corrected chi connectivity index (χ1v) is 4.39. The first kappa shape index (κ1) is 14.9. The summed E-state index contributed by atoms with van der Waals surface area (Å²) in [6.07, 6.45) is -0.167. The van der Waals surface area contributed by atoms with Crippen molar-refractivity contribution in [3.63, 3.8) is 0 Å². The topological polar surface area (TPSA) is 55.8 Å². The lowest BCUT2D eigenvalue weighted by Gasteiger charge is -1.99. The molecule has 0 rings (SSSR count). The minimum Gasteiger partial charge on any atom is -0.463 e. The number of aliphatic hydroxyl groups is 1. The number of rotatable bonds is 4. The Bertz CT molecular complexity index is 109. The summed E-state index contributed by atoms with van der Waals surface area (Å²) >= 11 is 0. The van der Waals surface area contributed by atoms with E-state index in [0.29, 0.717) is 19.8 Å². The zero-order chi connectivity index (χ0) is 10.7. The van der Waals surface area contributed by atoms with Crippen molar-refractivity contribution in [3.8, 4) is 0 Å². The molecule has 0 unspecified atom stereocenters. The highest BCUT2D eigenvalue weighted by atomic mass is 16.6. The molecule has 4 nitrogen and oxygen atoms in total. The fraction of sp³-hybridized carbons (Fsp3) is 0.889. The van der Waals surface area contributed by atoms with Crippen molar-refractivity contribution in [1.29, 1.82) is 0 Å². The molecule has 0 aliphatic carbocycles. The fourth-order valence-electron chi connectivity index (χ4n) is 0.389. The highest BCUT2D eigenvalue weighted by molar-refractivity contribution is 5.65. The summed E-state index contributed by atoms with van der Waals surface area (Å²) in [5, 5.41) is 8.06. The smallest absolute Gasteiger partial charge is 0.302 e. The van der Waals surface area contributed by atoms with Crippen LogP contribution in [0.25, 0.3) is 0 Å². The van der Waals surface area contributed by atoms with Gasteiger partial charge in [-0.15, -0.1) is 0 Å². The molecule has 0 fully saturated rings. The van der Waals surface area contributed by atoms with E-state index in [1.54, 1.807) is 13.8 Å². The maximum atomic E-state index is 10.1. The van der Waals surface area contributed by atoms with Gasteiger partial charge in [0.2, 0.25) is 0 Å². The molecule has 0 aliphatic heterocycles. The molecule has 0 spiro atoms. The maximum absolute atomic E-state index is 10.1. The summed E-state index contributed by atoms with van der Waals surface area (Å²) < 4.78 is 9.49. The highest BCUT2D eigenvalue weighted by Gasteiger charge is 1.89. The molecule has 13 heavy (non-hydrogen) atoms. The van der Waals surface area contributed by atoms with E-state index in [1.165, 1.54) is 6.92 Å². The molecule has 0 radical (unpaired) electrons. The van der Waals surface area contributed by atoms with E-state index in [9.17, 15) is 4.79 Å². The van der Waals surface area contributed by atoms with E-state index in [2.05, 4.69) is 4.74 Å². The molecular weight excluding hydrogens is 172 g/mol. The number of aliphatic hydroxyl groups excluding tert-OH is 1. The average molecular weight is 192 g/mol. The van der Waals surface area contributed by atoms with Crippen LogP contribution in [-0.2, 0) is 14.3 Å². The van der Waals surface area contributed by atoms with Crippen LogP contribution in [0.1, 0.15) is 27.7 Å². The number of hydrogen-bond donors (Lipinski definition) is 1. The third-order valence-electron chi connectivity index (χ3n) is 0.737. The molecule has 4 heteroatoms. The number of carbonyl (C=O) groups excluding carboxylic acids is 1. The average Bonchev–Trinajstić information content (AvgIpc) is 1.97.